The van der Waals surface area contributed by atoms with E-state index in [4.69, 9.17) is 14.6 Å². The van der Waals surface area contributed by atoms with E-state index in [0.717, 1.165) is 6.07 Å². The predicted molar refractivity (Wildman–Crippen MR) is 107 cm³/mol. The average Bonchev–Trinajstić information content (AvgIpc) is 2.68. The van der Waals surface area contributed by atoms with Crippen LogP contribution in [-0.2, 0) is 24.3 Å². The minimum Gasteiger partial charge on any atom is -0.452 e. The van der Waals surface area contributed by atoms with Crippen molar-refractivity contribution in [2.24, 2.45) is 5.14 Å². The number of nitrogens with zero attached hydrogens (tertiary/aromatic N) is 1. The van der Waals surface area contributed by atoms with Gasteiger partial charge >= 0.3 is 12.1 Å². The summed E-state index contributed by atoms with van der Waals surface area (Å²) < 4.78 is 33.4. The standard InChI is InChI=1S/C19H27N3O7S/c1-4-28-19(25)22-7-5-15(6-8-22)21-17(23)11-29-18(24)14-9-12(2)13(3)16(10-14)30(20,26)27/h9-10,15H,4-8,11H2,1-3H3,(H,21,23)(H2,20,26,27). The number of primary sulfonamides is 1. The number of aryl methyl sites for hydroxylation is 1. The average molecular weight is 442 g/mol. The second-order valence-electron chi connectivity index (χ2n) is 7.07. The molecule has 1 saturated heterocycles. The number of piperidine rings is 1. The molecule has 10 nitrogen and oxygen atoms in total. The summed E-state index contributed by atoms with van der Waals surface area (Å²) in [5.74, 6) is -1.30. The fourth-order valence-corrected chi connectivity index (χ4v) is 4.02. The summed E-state index contributed by atoms with van der Waals surface area (Å²) in [6.07, 6.45) is 0.754. The van der Waals surface area contributed by atoms with Crippen molar-refractivity contribution in [3.63, 3.8) is 0 Å². The first-order valence-corrected chi connectivity index (χ1v) is 11.1. The molecule has 3 N–H and O–H groups in total. The van der Waals surface area contributed by atoms with Crippen molar-refractivity contribution < 1.29 is 32.3 Å². The van der Waals surface area contributed by atoms with Crippen LogP contribution in [0.15, 0.2) is 17.0 Å². The maximum absolute atomic E-state index is 12.3. The highest BCUT2D eigenvalue weighted by Crippen LogP contribution is 2.20. The Kier molecular flexibility index (Phi) is 7.79. The second kappa shape index (κ2) is 9.90. The van der Waals surface area contributed by atoms with Crippen molar-refractivity contribution in [1.29, 1.82) is 0 Å². The van der Waals surface area contributed by atoms with E-state index in [9.17, 15) is 22.8 Å². The van der Waals surface area contributed by atoms with Crippen molar-refractivity contribution in [2.75, 3.05) is 26.3 Å². The fourth-order valence-electron chi connectivity index (χ4n) is 3.15. The van der Waals surface area contributed by atoms with E-state index in [1.807, 2.05) is 0 Å². The first-order valence-electron chi connectivity index (χ1n) is 9.55. The second-order valence-corrected chi connectivity index (χ2v) is 8.60. The Morgan fingerprint density at radius 1 is 1.17 bits per heavy atom. The molecule has 0 bridgehead atoms. The third kappa shape index (κ3) is 6.17. The van der Waals surface area contributed by atoms with Gasteiger partial charge in [-0.2, -0.15) is 0 Å². The molecule has 1 aliphatic heterocycles. The van der Waals surface area contributed by atoms with Crippen LogP contribution in [0.4, 0.5) is 4.79 Å². The van der Waals surface area contributed by atoms with Crippen LogP contribution in [-0.4, -0.2) is 63.6 Å². The van der Waals surface area contributed by atoms with Gasteiger partial charge < -0.3 is 19.7 Å². The van der Waals surface area contributed by atoms with Crippen LogP contribution in [0, 0.1) is 13.8 Å². The van der Waals surface area contributed by atoms with Crippen LogP contribution >= 0.6 is 0 Å². The number of carbonyl (C=O) groups excluding carboxylic acids is 3. The van der Waals surface area contributed by atoms with Crippen molar-refractivity contribution in [1.82, 2.24) is 10.2 Å². The molecule has 0 saturated carbocycles. The van der Waals surface area contributed by atoms with Crippen LogP contribution < -0.4 is 10.5 Å². The number of ether oxygens (including phenoxy) is 2. The largest absolute Gasteiger partial charge is 0.452 e. The topological polar surface area (TPSA) is 145 Å². The Hall–Kier alpha value is -2.66. The lowest BCUT2D eigenvalue weighted by Crippen LogP contribution is -2.47. The quantitative estimate of drug-likeness (QED) is 0.622. The molecule has 0 radical (unpaired) electrons. The summed E-state index contributed by atoms with van der Waals surface area (Å²) >= 11 is 0. The third-order valence-electron chi connectivity index (χ3n) is 4.88. The van der Waals surface area contributed by atoms with Gasteiger partial charge in [-0.3, -0.25) is 4.79 Å². The number of hydrogen-bond acceptors (Lipinski definition) is 7. The molecule has 1 aromatic carbocycles. The minimum absolute atomic E-state index is 0.00216. The van der Waals surface area contributed by atoms with Gasteiger partial charge in [0.15, 0.2) is 6.61 Å². The number of likely N-dealkylation sites (tertiary alicyclic amines) is 1. The molecule has 0 spiro atoms. The highest BCUT2D eigenvalue weighted by molar-refractivity contribution is 7.89. The van der Waals surface area contributed by atoms with E-state index in [2.05, 4.69) is 5.32 Å². The molecule has 2 amide bonds. The predicted octanol–water partition coefficient (Wildman–Crippen LogP) is 0.845. The van der Waals surface area contributed by atoms with Gasteiger partial charge in [0.25, 0.3) is 5.91 Å². The highest BCUT2D eigenvalue weighted by Gasteiger charge is 2.25. The molecule has 0 aromatic heterocycles. The smallest absolute Gasteiger partial charge is 0.409 e. The Bertz CT molecular complexity index is 922. The van der Waals surface area contributed by atoms with Crippen LogP contribution in [0.5, 0.6) is 0 Å². The first-order chi connectivity index (χ1) is 14.0. The van der Waals surface area contributed by atoms with Gasteiger partial charge in [0, 0.05) is 19.1 Å². The molecule has 2 rings (SSSR count). The number of amides is 2. The number of carbonyl (C=O) groups is 3. The molecule has 1 aliphatic rings. The Balaban J connectivity index is 1.88. The van der Waals surface area contributed by atoms with E-state index in [0.29, 0.717) is 43.7 Å². The van der Waals surface area contributed by atoms with E-state index in [1.54, 1.807) is 25.7 Å². The number of benzene rings is 1. The molecule has 11 heteroatoms. The van der Waals surface area contributed by atoms with Crippen LogP contribution in [0.3, 0.4) is 0 Å². The molecular formula is C19H27N3O7S. The molecule has 0 aliphatic carbocycles. The maximum Gasteiger partial charge on any atom is 0.409 e. The SMILES string of the molecule is CCOC(=O)N1CCC(NC(=O)COC(=O)c2cc(C)c(C)c(S(N)(=O)=O)c2)CC1. The Morgan fingerprint density at radius 2 is 1.80 bits per heavy atom. The van der Waals surface area contributed by atoms with Gasteiger partial charge in [0.2, 0.25) is 10.0 Å². The summed E-state index contributed by atoms with van der Waals surface area (Å²) in [5.41, 5.74) is 1.00. The number of hydrogen-bond donors (Lipinski definition) is 2. The molecular weight excluding hydrogens is 414 g/mol. The van der Waals surface area contributed by atoms with Crippen molar-refractivity contribution in [2.45, 2.75) is 44.6 Å². The minimum atomic E-state index is -4.00. The third-order valence-corrected chi connectivity index (χ3v) is 5.92. The molecule has 0 atom stereocenters. The van der Waals surface area contributed by atoms with E-state index < -0.39 is 28.5 Å². The van der Waals surface area contributed by atoms with Crippen LogP contribution in [0.1, 0.15) is 41.3 Å². The lowest BCUT2D eigenvalue weighted by molar-refractivity contribution is -0.125. The zero-order chi connectivity index (χ0) is 22.5. The van der Waals surface area contributed by atoms with E-state index in [-0.39, 0.29) is 22.6 Å². The van der Waals surface area contributed by atoms with Gasteiger partial charge in [-0.1, -0.05) is 0 Å². The summed E-state index contributed by atoms with van der Waals surface area (Å²) in [7, 11) is -4.00. The molecule has 1 fully saturated rings. The van der Waals surface area contributed by atoms with Crippen LogP contribution in [0.25, 0.3) is 0 Å². The Labute approximate surface area is 175 Å². The van der Waals surface area contributed by atoms with Gasteiger partial charge in [-0.25, -0.2) is 23.1 Å². The van der Waals surface area contributed by atoms with Crippen molar-refractivity contribution in [3.8, 4) is 0 Å². The normalized spacial score (nSPS) is 14.9. The fraction of sp³-hybridized carbons (Fsp3) is 0.526. The van der Waals surface area contributed by atoms with E-state index >= 15 is 0 Å². The molecule has 166 valence electrons. The molecule has 30 heavy (non-hydrogen) atoms. The zero-order valence-electron chi connectivity index (χ0n) is 17.3. The summed E-state index contributed by atoms with van der Waals surface area (Å²) in [4.78, 5) is 37.5. The lowest BCUT2D eigenvalue weighted by atomic mass is 10.1. The summed E-state index contributed by atoms with van der Waals surface area (Å²) in [6.45, 7) is 5.70. The van der Waals surface area contributed by atoms with Crippen molar-refractivity contribution >= 4 is 28.0 Å². The number of nitrogens with two attached hydrogens (primary N) is 1. The lowest BCUT2D eigenvalue weighted by Gasteiger charge is -2.31. The van der Waals surface area contributed by atoms with Gasteiger partial charge in [-0.15, -0.1) is 0 Å². The Morgan fingerprint density at radius 3 is 2.37 bits per heavy atom. The molecule has 0 unspecified atom stereocenters. The molecule has 1 heterocycles. The number of esters is 1. The van der Waals surface area contributed by atoms with Crippen LogP contribution in [0.2, 0.25) is 0 Å². The van der Waals surface area contributed by atoms with Gasteiger partial charge in [0.1, 0.15) is 0 Å². The monoisotopic (exact) mass is 441 g/mol. The molecule has 1 aromatic rings. The van der Waals surface area contributed by atoms with Gasteiger partial charge in [0.05, 0.1) is 17.1 Å². The summed E-state index contributed by atoms with van der Waals surface area (Å²) in [5, 5.41) is 7.95. The zero-order valence-corrected chi connectivity index (χ0v) is 18.1. The van der Waals surface area contributed by atoms with Gasteiger partial charge in [-0.05, 0) is 56.9 Å². The first kappa shape index (κ1) is 23.6. The van der Waals surface area contributed by atoms with E-state index in [1.165, 1.54) is 6.07 Å². The summed E-state index contributed by atoms with van der Waals surface area (Å²) in [6, 6.07) is 2.48. The number of nitrogens with one attached hydrogen (secondary N) is 1. The maximum atomic E-state index is 12.3. The highest BCUT2D eigenvalue weighted by atomic mass is 32.2. The van der Waals surface area contributed by atoms with Crippen molar-refractivity contribution in [3.05, 3.63) is 28.8 Å². The number of sulfonamides is 1. The number of rotatable bonds is 6.